The van der Waals surface area contributed by atoms with Crippen LogP contribution in [0.15, 0.2) is 0 Å². The summed E-state index contributed by atoms with van der Waals surface area (Å²) in [7, 11) is 0. The van der Waals surface area contributed by atoms with Crippen LogP contribution in [0, 0.1) is 35.5 Å². The monoisotopic (exact) mass is 375 g/mol. The van der Waals surface area contributed by atoms with Crippen molar-refractivity contribution < 1.29 is 19.1 Å². The second-order valence-electron chi connectivity index (χ2n) is 9.81. The average molecular weight is 376 g/mol. The highest BCUT2D eigenvalue weighted by molar-refractivity contribution is 5.75. The van der Waals surface area contributed by atoms with Crippen LogP contribution in [0.5, 0.6) is 0 Å². The molecule has 0 amide bonds. The number of carbonyl (C=O) groups is 2. The Labute approximate surface area is 162 Å². The van der Waals surface area contributed by atoms with Crippen LogP contribution in [0.2, 0.25) is 0 Å². The number of carbonyl (C=O) groups excluding carboxylic acids is 2. The van der Waals surface area contributed by atoms with Gasteiger partial charge < -0.3 is 9.47 Å². The first-order valence-electron chi connectivity index (χ1n) is 11.2. The molecule has 4 aliphatic heterocycles. The Kier molecular flexibility index (Phi) is 4.30. The zero-order valence-corrected chi connectivity index (χ0v) is 16.8. The second kappa shape index (κ2) is 6.47. The third kappa shape index (κ3) is 2.53. The minimum absolute atomic E-state index is 0.00362. The SMILES string of the molecule is CC[C@H]1[C@@H]2OC(=O)[C@H](C)[C@@H]2[C@H]2C[C@@H]([C@@H]3C[C@H](C)C(=O)O3)N3CCCC[C@H]1C23. The highest BCUT2D eigenvalue weighted by Crippen LogP contribution is 2.57. The largest absolute Gasteiger partial charge is 0.462 e. The van der Waals surface area contributed by atoms with Gasteiger partial charge in [-0.3, -0.25) is 14.5 Å². The summed E-state index contributed by atoms with van der Waals surface area (Å²) in [4.78, 5) is 27.3. The summed E-state index contributed by atoms with van der Waals surface area (Å²) in [6.07, 6.45) is 6.87. The fourth-order valence-corrected chi connectivity index (χ4v) is 7.48. The lowest BCUT2D eigenvalue weighted by Crippen LogP contribution is -2.54. The molecule has 0 radical (unpaired) electrons. The van der Waals surface area contributed by atoms with Crippen molar-refractivity contribution in [3.63, 3.8) is 0 Å². The highest BCUT2D eigenvalue weighted by atomic mass is 16.6. The zero-order chi connectivity index (χ0) is 18.9. The Bertz CT molecular complexity index is 636. The van der Waals surface area contributed by atoms with Crippen LogP contribution < -0.4 is 0 Å². The molecule has 4 heterocycles. The molecule has 5 rings (SSSR count). The number of fused-ring (bicyclic) bond motifs is 2. The van der Waals surface area contributed by atoms with Crippen molar-refractivity contribution in [1.29, 1.82) is 0 Å². The Balaban J connectivity index is 1.51. The highest BCUT2D eigenvalue weighted by Gasteiger charge is 2.63. The molecule has 1 unspecified atom stereocenters. The van der Waals surface area contributed by atoms with Gasteiger partial charge in [0.25, 0.3) is 0 Å². The molecule has 5 fully saturated rings. The molecule has 0 aromatic carbocycles. The predicted molar refractivity (Wildman–Crippen MR) is 99.7 cm³/mol. The lowest BCUT2D eigenvalue weighted by Gasteiger charge is -2.48. The fraction of sp³-hybridized carbons (Fsp3) is 0.909. The van der Waals surface area contributed by atoms with Gasteiger partial charge in [0.1, 0.15) is 12.2 Å². The van der Waals surface area contributed by atoms with Crippen molar-refractivity contribution in [3.05, 3.63) is 0 Å². The van der Waals surface area contributed by atoms with Crippen molar-refractivity contribution >= 4 is 11.9 Å². The van der Waals surface area contributed by atoms with E-state index < -0.39 is 0 Å². The number of hydrogen-bond donors (Lipinski definition) is 0. The van der Waals surface area contributed by atoms with E-state index in [-0.39, 0.29) is 36.0 Å². The molecule has 5 aliphatic rings. The molecule has 27 heavy (non-hydrogen) atoms. The Morgan fingerprint density at radius 2 is 1.85 bits per heavy atom. The fourth-order valence-electron chi connectivity index (χ4n) is 7.48. The van der Waals surface area contributed by atoms with E-state index in [1.54, 1.807) is 0 Å². The van der Waals surface area contributed by atoms with Crippen molar-refractivity contribution in [2.24, 2.45) is 35.5 Å². The number of ether oxygens (including phenoxy) is 2. The molecule has 0 aromatic rings. The number of hydrogen-bond acceptors (Lipinski definition) is 5. The summed E-state index contributed by atoms with van der Waals surface area (Å²) in [6, 6.07) is 0.865. The van der Waals surface area contributed by atoms with Crippen LogP contribution in [0.4, 0.5) is 0 Å². The van der Waals surface area contributed by atoms with Gasteiger partial charge in [0, 0.05) is 23.9 Å². The third-order valence-electron chi connectivity index (χ3n) is 8.61. The van der Waals surface area contributed by atoms with Crippen molar-refractivity contribution in [1.82, 2.24) is 4.90 Å². The van der Waals surface area contributed by atoms with Crippen LogP contribution in [-0.4, -0.2) is 47.7 Å². The molecule has 4 saturated heterocycles. The molecule has 10 atom stereocenters. The Hall–Kier alpha value is -1.10. The summed E-state index contributed by atoms with van der Waals surface area (Å²) < 4.78 is 11.8. The molecule has 5 heteroatoms. The van der Waals surface area contributed by atoms with Crippen LogP contribution in [0.25, 0.3) is 0 Å². The Morgan fingerprint density at radius 1 is 1.04 bits per heavy atom. The minimum atomic E-state index is -0.0294. The molecule has 0 aromatic heterocycles. The topological polar surface area (TPSA) is 55.8 Å². The van der Waals surface area contributed by atoms with Gasteiger partial charge in [-0.15, -0.1) is 0 Å². The number of nitrogens with zero attached hydrogens (tertiary/aromatic N) is 1. The number of esters is 2. The molecular formula is C22H33NO4. The normalized spacial score (nSPS) is 52.1. The summed E-state index contributed by atoms with van der Waals surface area (Å²) in [5, 5.41) is 0. The van der Waals surface area contributed by atoms with Crippen LogP contribution in [0.3, 0.4) is 0 Å². The zero-order valence-electron chi connectivity index (χ0n) is 16.8. The summed E-state index contributed by atoms with van der Waals surface area (Å²) in [5.41, 5.74) is 0. The van der Waals surface area contributed by atoms with Crippen LogP contribution >= 0.6 is 0 Å². The van der Waals surface area contributed by atoms with E-state index in [0.717, 1.165) is 25.8 Å². The Morgan fingerprint density at radius 3 is 2.56 bits per heavy atom. The van der Waals surface area contributed by atoms with Crippen LogP contribution in [0.1, 0.15) is 59.3 Å². The van der Waals surface area contributed by atoms with Gasteiger partial charge in [-0.1, -0.05) is 27.2 Å². The molecule has 1 saturated carbocycles. The van der Waals surface area contributed by atoms with Crippen molar-refractivity contribution in [3.8, 4) is 0 Å². The maximum atomic E-state index is 12.5. The smallest absolute Gasteiger partial charge is 0.309 e. The van der Waals surface area contributed by atoms with Crippen molar-refractivity contribution in [2.75, 3.05) is 6.54 Å². The summed E-state index contributed by atoms with van der Waals surface area (Å²) in [6.45, 7) is 7.44. The molecule has 0 N–H and O–H groups in total. The van der Waals surface area contributed by atoms with Gasteiger partial charge in [0.2, 0.25) is 0 Å². The number of rotatable bonds is 2. The van der Waals surface area contributed by atoms with Crippen molar-refractivity contribution in [2.45, 2.75) is 83.6 Å². The maximum absolute atomic E-state index is 12.5. The maximum Gasteiger partial charge on any atom is 0.309 e. The van der Waals surface area contributed by atoms with E-state index >= 15 is 0 Å². The molecule has 5 nitrogen and oxygen atoms in total. The quantitative estimate of drug-likeness (QED) is 0.695. The molecule has 1 aliphatic carbocycles. The first-order valence-corrected chi connectivity index (χ1v) is 11.2. The predicted octanol–water partition coefficient (Wildman–Crippen LogP) is 3.01. The van der Waals surface area contributed by atoms with Gasteiger partial charge in [0.15, 0.2) is 0 Å². The summed E-state index contributed by atoms with van der Waals surface area (Å²) in [5.74, 6) is 1.94. The number of cyclic esters (lactones) is 1. The van der Waals surface area contributed by atoms with Crippen LogP contribution in [-0.2, 0) is 19.1 Å². The third-order valence-corrected chi connectivity index (χ3v) is 8.61. The van der Waals surface area contributed by atoms with Gasteiger partial charge in [-0.05, 0) is 50.5 Å². The van der Waals surface area contributed by atoms with E-state index in [2.05, 4.69) is 18.7 Å². The van der Waals surface area contributed by atoms with E-state index in [0.29, 0.717) is 35.8 Å². The summed E-state index contributed by atoms with van der Waals surface area (Å²) >= 11 is 0. The molecule has 0 spiro atoms. The molecule has 0 bridgehead atoms. The average Bonchev–Trinajstić information content (AvgIpc) is 3.20. The lowest BCUT2D eigenvalue weighted by atomic mass is 9.60. The van der Waals surface area contributed by atoms with E-state index in [1.807, 2.05) is 6.92 Å². The van der Waals surface area contributed by atoms with Gasteiger partial charge in [-0.2, -0.15) is 0 Å². The second-order valence-corrected chi connectivity index (χ2v) is 9.81. The first-order chi connectivity index (χ1) is 13.0. The minimum Gasteiger partial charge on any atom is -0.462 e. The van der Waals surface area contributed by atoms with E-state index in [9.17, 15) is 9.59 Å². The van der Waals surface area contributed by atoms with E-state index in [4.69, 9.17) is 9.47 Å². The molecule has 150 valence electrons. The molecular weight excluding hydrogens is 342 g/mol. The standard InChI is InChI=1S/C22H33NO4/c1-4-13-14-7-5-6-8-23-16(17-9-11(2)21(24)26-17)10-15(19(14)23)18-12(3)22(25)27-20(13)18/h11-20H,4-10H2,1-3H3/t11-,12+,13+,14+,15+,16-,17-,18+,19?,20-/m0/s1. The van der Waals surface area contributed by atoms with Gasteiger partial charge in [0.05, 0.1) is 11.8 Å². The lowest BCUT2D eigenvalue weighted by molar-refractivity contribution is -0.148. The van der Waals surface area contributed by atoms with Gasteiger partial charge >= 0.3 is 11.9 Å². The van der Waals surface area contributed by atoms with Gasteiger partial charge in [-0.25, -0.2) is 0 Å². The van der Waals surface area contributed by atoms with E-state index in [1.165, 1.54) is 19.3 Å². The first kappa shape index (κ1) is 18.0.